The van der Waals surface area contributed by atoms with Gasteiger partial charge in [-0.3, -0.25) is 14.4 Å². The number of carboxylic acid groups (broad SMARTS) is 1. The predicted octanol–water partition coefficient (Wildman–Crippen LogP) is 0.827. The number of carbonyl (C=O) groups excluding carboxylic acids is 3. The lowest BCUT2D eigenvalue weighted by molar-refractivity contribution is -0.144. The van der Waals surface area contributed by atoms with E-state index in [-0.39, 0.29) is 11.8 Å². The van der Waals surface area contributed by atoms with Crippen molar-refractivity contribution in [2.75, 3.05) is 18.6 Å². The first-order chi connectivity index (χ1) is 16.0. The summed E-state index contributed by atoms with van der Waals surface area (Å²) in [7, 11) is 0. The van der Waals surface area contributed by atoms with Crippen molar-refractivity contribution in [1.82, 2.24) is 16.0 Å². The van der Waals surface area contributed by atoms with Gasteiger partial charge in [0.2, 0.25) is 17.7 Å². The number of nitrogens with two attached hydrogens (primary N) is 2. The molecule has 8 N–H and O–H groups in total. The van der Waals surface area contributed by atoms with E-state index in [2.05, 4.69) is 16.0 Å². The summed E-state index contributed by atoms with van der Waals surface area (Å²) in [6, 6.07) is -3.61. The quantitative estimate of drug-likeness (QED) is 0.149. The molecule has 6 atom stereocenters. The normalized spacial score (nSPS) is 16.4. The molecule has 0 aliphatic rings. The lowest BCUT2D eigenvalue weighted by Crippen LogP contribution is -2.58. The summed E-state index contributed by atoms with van der Waals surface area (Å²) in [5, 5.41) is 17.5. The van der Waals surface area contributed by atoms with Gasteiger partial charge in [0.15, 0.2) is 0 Å². The van der Waals surface area contributed by atoms with E-state index in [4.69, 9.17) is 11.5 Å². The molecule has 6 unspecified atom stereocenters. The van der Waals surface area contributed by atoms with E-state index in [9.17, 15) is 24.3 Å². The van der Waals surface area contributed by atoms with Gasteiger partial charge in [-0.15, -0.1) is 0 Å². The molecule has 0 saturated carbocycles. The van der Waals surface area contributed by atoms with Gasteiger partial charge in [-0.25, -0.2) is 4.79 Å². The number of hydrogen-bond donors (Lipinski definition) is 6. The number of unbranched alkanes of at least 4 members (excludes halogenated alkanes) is 1. The van der Waals surface area contributed by atoms with E-state index in [1.54, 1.807) is 6.92 Å². The average Bonchev–Trinajstić information content (AvgIpc) is 2.82. The Balaban J connectivity index is 5.55. The Morgan fingerprint density at radius 1 is 0.853 bits per heavy atom. The van der Waals surface area contributed by atoms with E-state index in [1.807, 2.05) is 27.0 Å². The van der Waals surface area contributed by atoms with Crippen LogP contribution in [0.2, 0.25) is 0 Å². The summed E-state index contributed by atoms with van der Waals surface area (Å²) in [5.74, 6) is -2.31. The second kappa shape index (κ2) is 17.6. The van der Waals surface area contributed by atoms with Gasteiger partial charge >= 0.3 is 5.97 Å². The minimum absolute atomic E-state index is 0.0486. The third-order valence-electron chi connectivity index (χ3n) is 6.16. The van der Waals surface area contributed by atoms with Crippen LogP contribution >= 0.6 is 11.8 Å². The Hall–Kier alpha value is -1.85. The van der Waals surface area contributed by atoms with Crippen LogP contribution < -0.4 is 27.4 Å². The minimum atomic E-state index is -1.13. The van der Waals surface area contributed by atoms with Gasteiger partial charge in [0.1, 0.15) is 18.1 Å². The van der Waals surface area contributed by atoms with Crippen molar-refractivity contribution in [3.05, 3.63) is 0 Å². The van der Waals surface area contributed by atoms with E-state index in [1.165, 1.54) is 11.8 Å². The number of carbonyl (C=O) groups is 4. The molecule has 0 aliphatic heterocycles. The van der Waals surface area contributed by atoms with E-state index in [0.29, 0.717) is 44.4 Å². The number of thioether (sulfide) groups is 1. The molecular weight excluding hydrogens is 458 g/mol. The summed E-state index contributed by atoms with van der Waals surface area (Å²) >= 11 is 1.53. The number of amides is 3. The molecular formula is C23H45N5O5S. The molecule has 0 heterocycles. The first-order valence-electron chi connectivity index (χ1n) is 12.1. The Bertz CT molecular complexity index is 651. The molecule has 0 aromatic heterocycles. The summed E-state index contributed by atoms with van der Waals surface area (Å²) in [6.07, 6.45) is 5.10. The summed E-state index contributed by atoms with van der Waals surface area (Å²) in [4.78, 5) is 50.3. The fourth-order valence-corrected chi connectivity index (χ4v) is 3.73. The maximum atomic E-state index is 13.1. The number of rotatable bonds is 18. The van der Waals surface area contributed by atoms with Gasteiger partial charge in [-0.1, -0.05) is 40.5 Å². The summed E-state index contributed by atoms with van der Waals surface area (Å²) in [5.41, 5.74) is 11.6. The van der Waals surface area contributed by atoms with Crippen molar-refractivity contribution in [2.45, 2.75) is 90.4 Å². The van der Waals surface area contributed by atoms with Gasteiger partial charge < -0.3 is 32.5 Å². The van der Waals surface area contributed by atoms with Crippen LogP contribution in [0.1, 0.15) is 66.2 Å². The second-order valence-electron chi connectivity index (χ2n) is 8.81. The highest BCUT2D eigenvalue weighted by atomic mass is 32.2. The molecule has 0 radical (unpaired) electrons. The monoisotopic (exact) mass is 503 g/mol. The van der Waals surface area contributed by atoms with Crippen LogP contribution in [0.5, 0.6) is 0 Å². The first kappa shape index (κ1) is 32.1. The average molecular weight is 504 g/mol. The van der Waals surface area contributed by atoms with Crippen molar-refractivity contribution < 1.29 is 24.3 Å². The Labute approximate surface area is 208 Å². The minimum Gasteiger partial charge on any atom is -0.480 e. The SMILES string of the molecule is CCC(C)C(N)C(=O)NC(CCSC)C(=O)NC(CCCCN)C(=O)NC(C(=O)O)C(C)CC. The number of aliphatic carboxylic acids is 1. The Morgan fingerprint density at radius 3 is 1.88 bits per heavy atom. The molecule has 0 aromatic rings. The lowest BCUT2D eigenvalue weighted by atomic mass is 9.98. The van der Waals surface area contributed by atoms with Crippen LogP contribution in [0.3, 0.4) is 0 Å². The molecule has 0 aromatic carbocycles. The highest BCUT2D eigenvalue weighted by molar-refractivity contribution is 7.98. The third-order valence-corrected chi connectivity index (χ3v) is 6.80. The molecule has 0 aliphatic carbocycles. The summed E-state index contributed by atoms with van der Waals surface area (Å²) in [6.45, 7) is 7.83. The molecule has 11 heteroatoms. The molecule has 3 amide bonds. The second-order valence-corrected chi connectivity index (χ2v) is 9.80. The van der Waals surface area contributed by atoms with Crippen molar-refractivity contribution in [2.24, 2.45) is 23.3 Å². The smallest absolute Gasteiger partial charge is 0.326 e. The highest BCUT2D eigenvalue weighted by Crippen LogP contribution is 2.11. The van der Waals surface area contributed by atoms with Crippen LogP contribution in [-0.2, 0) is 19.2 Å². The fraction of sp³-hybridized carbons (Fsp3) is 0.826. The lowest BCUT2D eigenvalue weighted by Gasteiger charge is -2.27. The van der Waals surface area contributed by atoms with Crippen LogP contribution in [0.4, 0.5) is 0 Å². The molecule has 0 fully saturated rings. The van der Waals surface area contributed by atoms with E-state index >= 15 is 0 Å². The number of hydrogen-bond acceptors (Lipinski definition) is 7. The van der Waals surface area contributed by atoms with Gasteiger partial charge in [0, 0.05) is 0 Å². The van der Waals surface area contributed by atoms with E-state index < -0.39 is 47.9 Å². The summed E-state index contributed by atoms with van der Waals surface area (Å²) < 4.78 is 0. The van der Waals surface area contributed by atoms with Gasteiger partial charge in [0.05, 0.1) is 6.04 Å². The largest absolute Gasteiger partial charge is 0.480 e. The molecule has 10 nitrogen and oxygen atoms in total. The number of carboxylic acids is 1. The predicted molar refractivity (Wildman–Crippen MR) is 136 cm³/mol. The zero-order valence-corrected chi connectivity index (χ0v) is 22.1. The molecule has 0 spiro atoms. The molecule has 0 rings (SSSR count). The standard InChI is InChI=1S/C23H45N5O5S/c1-6-14(3)18(25)22(31)27-17(11-13-34-5)20(29)26-16(10-8-9-12-24)21(30)28-19(23(32)33)15(4)7-2/h14-19H,6-13,24-25H2,1-5H3,(H,26,29)(H,27,31)(H,28,30)(H,32,33). The van der Waals surface area contributed by atoms with Crippen LogP contribution in [0, 0.1) is 11.8 Å². The van der Waals surface area contributed by atoms with Crippen LogP contribution in [0.25, 0.3) is 0 Å². The molecule has 0 bridgehead atoms. The maximum absolute atomic E-state index is 13.1. The van der Waals surface area contributed by atoms with Gasteiger partial charge in [-0.2, -0.15) is 11.8 Å². The Morgan fingerprint density at radius 2 is 1.38 bits per heavy atom. The van der Waals surface area contributed by atoms with Crippen molar-refractivity contribution >= 4 is 35.5 Å². The van der Waals surface area contributed by atoms with E-state index in [0.717, 1.165) is 6.42 Å². The zero-order valence-electron chi connectivity index (χ0n) is 21.3. The number of nitrogens with one attached hydrogen (secondary N) is 3. The maximum Gasteiger partial charge on any atom is 0.326 e. The highest BCUT2D eigenvalue weighted by Gasteiger charge is 2.32. The van der Waals surface area contributed by atoms with Crippen molar-refractivity contribution in [3.8, 4) is 0 Å². The van der Waals surface area contributed by atoms with Crippen LogP contribution in [0.15, 0.2) is 0 Å². The molecule has 34 heavy (non-hydrogen) atoms. The van der Waals surface area contributed by atoms with Crippen molar-refractivity contribution in [3.63, 3.8) is 0 Å². The zero-order chi connectivity index (χ0) is 26.3. The first-order valence-corrected chi connectivity index (χ1v) is 13.5. The molecule has 198 valence electrons. The third kappa shape index (κ3) is 11.5. The fourth-order valence-electron chi connectivity index (χ4n) is 3.26. The Kier molecular flexibility index (Phi) is 16.6. The topological polar surface area (TPSA) is 177 Å². The van der Waals surface area contributed by atoms with Crippen LogP contribution in [-0.4, -0.2) is 71.5 Å². The van der Waals surface area contributed by atoms with Gasteiger partial charge in [-0.05, 0) is 56.1 Å². The molecule has 0 saturated heterocycles. The van der Waals surface area contributed by atoms with Crippen molar-refractivity contribution in [1.29, 1.82) is 0 Å². The van der Waals surface area contributed by atoms with Gasteiger partial charge in [0.25, 0.3) is 0 Å².